The number of thioether (sulfide) groups is 1. The lowest BCUT2D eigenvalue weighted by Gasteiger charge is -2.13. The van der Waals surface area contributed by atoms with Gasteiger partial charge < -0.3 is 9.47 Å². The summed E-state index contributed by atoms with van der Waals surface area (Å²) in [5, 5.41) is 0. The molecule has 7 heteroatoms. The molecule has 0 saturated carbocycles. The number of nitrogens with zero attached hydrogens (tertiary/aromatic N) is 1. The van der Waals surface area contributed by atoms with E-state index >= 15 is 0 Å². The predicted molar refractivity (Wildman–Crippen MR) is 122 cm³/mol. The van der Waals surface area contributed by atoms with Gasteiger partial charge in [0.1, 0.15) is 10.1 Å². The molecule has 0 radical (unpaired) electrons. The van der Waals surface area contributed by atoms with Gasteiger partial charge in [-0.1, -0.05) is 69.2 Å². The quantitative estimate of drug-likeness (QED) is 0.195. The van der Waals surface area contributed by atoms with Crippen LogP contribution in [0.5, 0.6) is 5.75 Å². The molecule has 1 aromatic carbocycles. The minimum atomic E-state index is -0.310. The Kier molecular flexibility index (Phi) is 10.2. The molecule has 0 aliphatic carbocycles. The highest BCUT2D eigenvalue weighted by Gasteiger charge is 2.32. The number of carbonyl (C=O) groups is 2. The van der Waals surface area contributed by atoms with Crippen molar-refractivity contribution in [2.24, 2.45) is 0 Å². The Bertz CT molecular complexity index is 731. The lowest BCUT2D eigenvalue weighted by Crippen LogP contribution is -2.30. The number of esters is 1. The van der Waals surface area contributed by atoms with Gasteiger partial charge in [0.25, 0.3) is 5.91 Å². The molecule has 2 rings (SSSR count). The van der Waals surface area contributed by atoms with Gasteiger partial charge in [-0.05, 0) is 36.6 Å². The smallest absolute Gasteiger partial charge is 0.307 e. The van der Waals surface area contributed by atoms with E-state index in [4.69, 9.17) is 21.7 Å². The van der Waals surface area contributed by atoms with Gasteiger partial charge in [0, 0.05) is 6.54 Å². The van der Waals surface area contributed by atoms with Crippen LogP contribution in [-0.4, -0.2) is 40.9 Å². The summed E-state index contributed by atoms with van der Waals surface area (Å²) in [7, 11) is 0. The van der Waals surface area contributed by atoms with Gasteiger partial charge in [0.15, 0.2) is 0 Å². The van der Waals surface area contributed by atoms with Gasteiger partial charge in [0.2, 0.25) is 0 Å². The van der Waals surface area contributed by atoms with Gasteiger partial charge in [-0.3, -0.25) is 14.5 Å². The highest BCUT2D eigenvalue weighted by atomic mass is 32.2. The summed E-state index contributed by atoms with van der Waals surface area (Å²) in [6, 6.07) is 7.68. The average molecular weight is 436 g/mol. The van der Waals surface area contributed by atoms with E-state index in [9.17, 15) is 9.59 Å². The van der Waals surface area contributed by atoms with Crippen molar-refractivity contribution in [3.05, 3.63) is 34.7 Å². The zero-order valence-corrected chi connectivity index (χ0v) is 18.8. The van der Waals surface area contributed by atoms with Crippen molar-refractivity contribution in [1.82, 2.24) is 4.90 Å². The maximum Gasteiger partial charge on any atom is 0.307 e. The van der Waals surface area contributed by atoms with E-state index in [2.05, 4.69) is 6.92 Å². The first-order valence-electron chi connectivity index (χ1n) is 10.2. The molecule has 5 nitrogen and oxygen atoms in total. The number of unbranched alkanes of at least 4 members (excludes halogenated alkanes) is 3. The molecule has 1 saturated heterocycles. The van der Waals surface area contributed by atoms with Crippen LogP contribution in [-0.2, 0) is 14.3 Å². The van der Waals surface area contributed by atoms with E-state index in [1.807, 2.05) is 37.3 Å². The maximum absolute atomic E-state index is 12.6. The fourth-order valence-electron chi connectivity index (χ4n) is 2.71. The maximum atomic E-state index is 12.6. The van der Waals surface area contributed by atoms with E-state index in [1.54, 1.807) is 0 Å². The van der Waals surface area contributed by atoms with Crippen molar-refractivity contribution in [3.63, 3.8) is 0 Å². The van der Waals surface area contributed by atoms with E-state index in [0.717, 1.165) is 30.8 Å². The molecule has 0 spiro atoms. The summed E-state index contributed by atoms with van der Waals surface area (Å²) in [5.41, 5.74) is 0.909. The predicted octanol–water partition coefficient (Wildman–Crippen LogP) is 5.19. The summed E-state index contributed by atoms with van der Waals surface area (Å²) < 4.78 is 11.3. The molecular weight excluding hydrogens is 406 g/mol. The molecule has 1 aromatic rings. The van der Waals surface area contributed by atoms with E-state index < -0.39 is 0 Å². The first-order valence-corrected chi connectivity index (χ1v) is 11.4. The molecule has 158 valence electrons. The van der Waals surface area contributed by atoms with Crippen molar-refractivity contribution in [2.75, 3.05) is 19.8 Å². The molecule has 1 amide bonds. The van der Waals surface area contributed by atoms with Crippen LogP contribution in [0.3, 0.4) is 0 Å². The molecule has 0 atom stereocenters. The number of amides is 1. The zero-order valence-electron chi connectivity index (χ0n) is 17.1. The fourth-order valence-corrected chi connectivity index (χ4v) is 4.02. The molecule has 0 bridgehead atoms. The van der Waals surface area contributed by atoms with Crippen LogP contribution in [0.1, 0.15) is 57.9 Å². The van der Waals surface area contributed by atoms with Gasteiger partial charge >= 0.3 is 5.97 Å². The largest absolute Gasteiger partial charge is 0.494 e. The number of benzene rings is 1. The van der Waals surface area contributed by atoms with Gasteiger partial charge in [-0.15, -0.1) is 0 Å². The van der Waals surface area contributed by atoms with Crippen molar-refractivity contribution in [2.45, 2.75) is 52.4 Å². The minimum absolute atomic E-state index is 0.143. The second-order valence-electron chi connectivity index (χ2n) is 6.78. The van der Waals surface area contributed by atoms with Crippen LogP contribution >= 0.6 is 24.0 Å². The number of ether oxygens (including phenoxy) is 2. The Morgan fingerprint density at radius 2 is 1.86 bits per heavy atom. The molecule has 1 aliphatic rings. The first kappa shape index (κ1) is 23.4. The van der Waals surface area contributed by atoms with Crippen LogP contribution in [0.4, 0.5) is 0 Å². The number of hydrogen-bond acceptors (Lipinski definition) is 6. The van der Waals surface area contributed by atoms with Crippen molar-refractivity contribution in [3.8, 4) is 5.75 Å². The van der Waals surface area contributed by atoms with Crippen LogP contribution < -0.4 is 4.74 Å². The lowest BCUT2D eigenvalue weighted by molar-refractivity contribution is -0.143. The third-order valence-electron chi connectivity index (χ3n) is 4.32. The SMILES string of the molecule is CCCCCCOc1ccc(/C=C2\SC(=S)N(CCC(=O)OCCC)C2=O)cc1. The molecule has 1 heterocycles. The molecule has 0 unspecified atom stereocenters. The summed E-state index contributed by atoms with van der Waals surface area (Å²) in [5.74, 6) is 0.353. The Balaban J connectivity index is 1.87. The summed E-state index contributed by atoms with van der Waals surface area (Å²) >= 11 is 6.56. The second-order valence-corrected chi connectivity index (χ2v) is 8.46. The fraction of sp³-hybridized carbons (Fsp3) is 0.500. The number of rotatable bonds is 12. The zero-order chi connectivity index (χ0) is 21.1. The minimum Gasteiger partial charge on any atom is -0.494 e. The normalized spacial score (nSPS) is 15.2. The highest BCUT2D eigenvalue weighted by Crippen LogP contribution is 2.32. The third kappa shape index (κ3) is 7.82. The Morgan fingerprint density at radius 1 is 1.10 bits per heavy atom. The standard InChI is InChI=1S/C22H29NO4S2/c1-3-5-6-7-15-26-18-10-8-17(9-11-18)16-19-21(25)23(22(28)29-19)13-12-20(24)27-14-4-2/h8-11,16H,3-7,12-15H2,1-2H3/b19-16-. The number of carbonyl (C=O) groups excluding carboxylic acids is 2. The monoisotopic (exact) mass is 435 g/mol. The second kappa shape index (κ2) is 12.6. The highest BCUT2D eigenvalue weighted by molar-refractivity contribution is 8.26. The molecule has 0 N–H and O–H groups in total. The molecule has 29 heavy (non-hydrogen) atoms. The molecule has 1 fully saturated rings. The van der Waals surface area contributed by atoms with Crippen LogP contribution in [0.2, 0.25) is 0 Å². The molecule has 1 aliphatic heterocycles. The number of hydrogen-bond donors (Lipinski definition) is 0. The molecular formula is C22H29NO4S2. The van der Waals surface area contributed by atoms with E-state index in [0.29, 0.717) is 15.8 Å². The van der Waals surface area contributed by atoms with Crippen LogP contribution in [0.25, 0.3) is 6.08 Å². The summed E-state index contributed by atoms with van der Waals surface area (Å²) in [6.07, 6.45) is 7.43. The van der Waals surface area contributed by atoms with E-state index in [-0.39, 0.29) is 24.8 Å². The lowest BCUT2D eigenvalue weighted by atomic mass is 10.2. The molecule has 0 aromatic heterocycles. The van der Waals surface area contributed by atoms with Gasteiger partial charge in [0.05, 0.1) is 24.5 Å². The van der Waals surface area contributed by atoms with Crippen molar-refractivity contribution >= 4 is 46.3 Å². The Labute approximate surface area is 182 Å². The Morgan fingerprint density at radius 3 is 2.55 bits per heavy atom. The van der Waals surface area contributed by atoms with Gasteiger partial charge in [-0.2, -0.15) is 0 Å². The summed E-state index contributed by atoms with van der Waals surface area (Å²) in [6.45, 7) is 5.49. The average Bonchev–Trinajstić information content (AvgIpc) is 2.98. The van der Waals surface area contributed by atoms with Crippen LogP contribution in [0, 0.1) is 0 Å². The van der Waals surface area contributed by atoms with Crippen molar-refractivity contribution in [1.29, 1.82) is 0 Å². The van der Waals surface area contributed by atoms with Crippen LogP contribution in [0.15, 0.2) is 29.2 Å². The van der Waals surface area contributed by atoms with Crippen molar-refractivity contribution < 1.29 is 19.1 Å². The third-order valence-corrected chi connectivity index (χ3v) is 5.70. The topological polar surface area (TPSA) is 55.8 Å². The Hall–Kier alpha value is -1.86. The summed E-state index contributed by atoms with van der Waals surface area (Å²) in [4.78, 5) is 26.3. The van der Waals surface area contributed by atoms with Gasteiger partial charge in [-0.25, -0.2) is 0 Å². The van der Waals surface area contributed by atoms with E-state index in [1.165, 1.54) is 35.9 Å². The first-order chi connectivity index (χ1) is 14.0. The number of thiocarbonyl (C=S) groups is 1.